The Kier molecular flexibility index (Phi) is 4.51. The van der Waals surface area contributed by atoms with E-state index in [1.165, 1.54) is 23.1 Å². The van der Waals surface area contributed by atoms with Gasteiger partial charge in [0, 0.05) is 11.4 Å². The van der Waals surface area contributed by atoms with Crippen LogP contribution in [0.1, 0.15) is 9.88 Å². The normalized spacial score (nSPS) is 18.6. The van der Waals surface area contributed by atoms with Gasteiger partial charge < -0.3 is 0 Å². The van der Waals surface area contributed by atoms with Gasteiger partial charge in [-0.25, -0.2) is 0 Å². The molecule has 0 spiro atoms. The van der Waals surface area contributed by atoms with Gasteiger partial charge in [-0.3, -0.25) is 9.69 Å². The Morgan fingerprint density at radius 3 is 2.95 bits per heavy atom. The summed E-state index contributed by atoms with van der Waals surface area (Å²) in [5.74, 6) is -0.0571. The van der Waals surface area contributed by atoms with Crippen molar-refractivity contribution in [3.63, 3.8) is 0 Å². The van der Waals surface area contributed by atoms with E-state index in [-0.39, 0.29) is 5.91 Å². The lowest BCUT2D eigenvalue weighted by atomic mass is 10.3. The van der Waals surface area contributed by atoms with Crippen molar-refractivity contribution in [1.29, 1.82) is 0 Å². The largest absolute Gasteiger partial charge is 0.282 e. The summed E-state index contributed by atoms with van der Waals surface area (Å²) in [7, 11) is 0. The average Bonchev–Trinajstić information content (AvgIpc) is 3.19. The van der Waals surface area contributed by atoms with Crippen LogP contribution >= 0.6 is 34.4 Å². The summed E-state index contributed by atoms with van der Waals surface area (Å²) >= 11 is 4.35. The third kappa shape index (κ3) is 3.18. The molecular weight excluding hydrogens is 336 g/mol. The lowest BCUT2D eigenvalue weighted by Gasteiger charge is -2.11. The summed E-state index contributed by atoms with van der Waals surface area (Å²) in [5.41, 5.74) is 0. The molecule has 1 saturated heterocycles. The van der Waals surface area contributed by atoms with Crippen molar-refractivity contribution in [3.8, 4) is 0 Å². The molecule has 1 aliphatic rings. The average molecular weight is 348 g/mol. The number of aliphatic imine (C=N–C) groups is 1. The highest BCUT2D eigenvalue weighted by molar-refractivity contribution is 8.18. The number of rotatable bonds is 4. The monoisotopic (exact) mass is 348 g/mol. The van der Waals surface area contributed by atoms with Crippen molar-refractivity contribution < 1.29 is 4.79 Å². The molecule has 0 radical (unpaired) electrons. The number of hydrogen-bond donors (Lipinski definition) is 0. The van der Waals surface area contributed by atoms with E-state index in [4.69, 9.17) is 0 Å². The van der Waals surface area contributed by atoms with Crippen molar-refractivity contribution in [2.45, 2.75) is 6.92 Å². The first-order chi connectivity index (χ1) is 10.7. The summed E-state index contributed by atoms with van der Waals surface area (Å²) in [5, 5.41) is 11.9. The lowest BCUT2D eigenvalue weighted by molar-refractivity contribution is -0.121. The molecule has 1 aliphatic heterocycles. The van der Waals surface area contributed by atoms with Gasteiger partial charge in [0.05, 0.1) is 4.91 Å². The molecule has 22 heavy (non-hydrogen) atoms. The highest BCUT2D eigenvalue weighted by atomic mass is 32.2. The number of hydrogen-bond acceptors (Lipinski definition) is 7. The molecule has 112 valence electrons. The quantitative estimate of drug-likeness (QED) is 0.624. The fourth-order valence-electron chi connectivity index (χ4n) is 1.80. The second-order valence-corrected chi connectivity index (χ2v) is 7.48. The zero-order chi connectivity index (χ0) is 15.5. The summed E-state index contributed by atoms with van der Waals surface area (Å²) in [6.45, 7) is 6.00. The molecule has 0 aromatic carbocycles. The maximum Gasteiger partial charge on any atom is 0.267 e. The van der Waals surface area contributed by atoms with Crippen LogP contribution in [0.25, 0.3) is 6.08 Å². The molecule has 2 aromatic heterocycles. The van der Waals surface area contributed by atoms with Crippen molar-refractivity contribution in [2.75, 3.05) is 6.54 Å². The molecule has 0 N–H and O–H groups in total. The van der Waals surface area contributed by atoms with E-state index < -0.39 is 0 Å². The van der Waals surface area contributed by atoms with Crippen LogP contribution in [0.15, 0.2) is 40.1 Å². The van der Waals surface area contributed by atoms with Crippen LogP contribution in [-0.4, -0.2) is 32.7 Å². The van der Waals surface area contributed by atoms with E-state index in [0.29, 0.717) is 21.7 Å². The predicted octanol–water partition coefficient (Wildman–Crippen LogP) is 3.70. The van der Waals surface area contributed by atoms with Crippen molar-refractivity contribution in [1.82, 2.24) is 15.1 Å². The van der Waals surface area contributed by atoms with Crippen molar-refractivity contribution >= 4 is 56.7 Å². The number of aromatic nitrogens is 2. The number of carbonyl (C=O) groups is 1. The fourth-order valence-corrected chi connectivity index (χ4v) is 4.13. The van der Waals surface area contributed by atoms with Crippen LogP contribution in [0.2, 0.25) is 0 Å². The first-order valence-electron chi connectivity index (χ1n) is 6.42. The molecule has 5 nitrogen and oxygen atoms in total. The van der Waals surface area contributed by atoms with Gasteiger partial charge in [0.2, 0.25) is 5.13 Å². The van der Waals surface area contributed by atoms with E-state index in [9.17, 15) is 4.79 Å². The fraction of sp³-hybridized carbons (Fsp3) is 0.143. The van der Waals surface area contributed by atoms with Crippen LogP contribution in [0, 0.1) is 6.92 Å². The highest BCUT2D eigenvalue weighted by Gasteiger charge is 2.32. The maximum atomic E-state index is 12.5. The number of nitrogens with zero attached hydrogens (tertiary/aromatic N) is 4. The number of thiophene rings is 1. The Bertz CT molecular complexity index is 761. The third-order valence-corrected chi connectivity index (χ3v) is 5.28. The molecule has 0 unspecified atom stereocenters. The van der Waals surface area contributed by atoms with Gasteiger partial charge in [0.25, 0.3) is 5.91 Å². The summed E-state index contributed by atoms with van der Waals surface area (Å²) in [6.07, 6.45) is 3.58. The molecular formula is C14H12N4OS3. The Labute approximate surface area is 140 Å². The molecule has 8 heteroatoms. The minimum atomic E-state index is -0.0571. The van der Waals surface area contributed by atoms with Crippen LogP contribution < -0.4 is 0 Å². The van der Waals surface area contributed by atoms with E-state index >= 15 is 0 Å². The van der Waals surface area contributed by atoms with Gasteiger partial charge in [0.1, 0.15) is 5.01 Å². The second kappa shape index (κ2) is 6.55. The zero-order valence-corrected chi connectivity index (χ0v) is 14.2. The second-order valence-electron chi connectivity index (χ2n) is 4.33. The SMILES string of the molecule is C=CCN1C(=O)/C(=C\c2cccs2)S/C1=N\c1nnc(C)s1. The molecule has 0 aliphatic carbocycles. The minimum Gasteiger partial charge on any atom is -0.282 e. The van der Waals surface area contributed by atoms with Crippen LogP contribution in [0.4, 0.5) is 5.13 Å². The number of amides is 1. The standard InChI is InChI=1S/C14H12N4OS3/c1-3-6-18-12(19)11(8-10-5-4-7-20-10)22-14(18)15-13-17-16-9(2)21-13/h3-5,7-8H,1,6H2,2H3/b11-8+,15-14-. The zero-order valence-electron chi connectivity index (χ0n) is 11.7. The molecule has 0 saturated carbocycles. The van der Waals surface area contributed by atoms with Crippen LogP contribution in [0.5, 0.6) is 0 Å². The Balaban J connectivity index is 1.93. The molecule has 3 heterocycles. The Hall–Kier alpha value is -1.77. The minimum absolute atomic E-state index is 0.0571. The predicted molar refractivity (Wildman–Crippen MR) is 93.5 cm³/mol. The number of carbonyl (C=O) groups excluding carboxylic acids is 1. The highest BCUT2D eigenvalue weighted by Crippen LogP contribution is 2.35. The number of thioether (sulfide) groups is 1. The van der Waals surface area contributed by atoms with Crippen molar-refractivity contribution in [3.05, 3.63) is 45.0 Å². The van der Waals surface area contributed by atoms with Crippen molar-refractivity contribution in [2.24, 2.45) is 4.99 Å². The molecule has 0 atom stereocenters. The van der Waals surface area contributed by atoms with Gasteiger partial charge in [0.15, 0.2) is 5.17 Å². The Morgan fingerprint density at radius 2 is 2.32 bits per heavy atom. The Morgan fingerprint density at radius 1 is 1.45 bits per heavy atom. The van der Waals surface area contributed by atoms with E-state index in [1.54, 1.807) is 22.3 Å². The molecule has 2 aromatic rings. The molecule has 0 bridgehead atoms. The van der Waals surface area contributed by atoms with E-state index in [0.717, 1.165) is 9.88 Å². The molecule has 3 rings (SSSR count). The lowest BCUT2D eigenvalue weighted by Crippen LogP contribution is -2.29. The van der Waals surface area contributed by atoms with Gasteiger partial charge in [-0.05, 0) is 36.2 Å². The van der Waals surface area contributed by atoms with Gasteiger partial charge in [-0.15, -0.1) is 28.1 Å². The molecule has 1 amide bonds. The number of amidine groups is 1. The maximum absolute atomic E-state index is 12.5. The third-order valence-electron chi connectivity index (χ3n) is 2.72. The van der Waals surface area contributed by atoms with Crippen LogP contribution in [-0.2, 0) is 4.79 Å². The first-order valence-corrected chi connectivity index (χ1v) is 8.93. The first kappa shape index (κ1) is 15.1. The van der Waals surface area contributed by atoms with Crippen LogP contribution in [0.3, 0.4) is 0 Å². The topological polar surface area (TPSA) is 58.5 Å². The van der Waals surface area contributed by atoms with E-state index in [1.807, 2.05) is 30.5 Å². The summed E-state index contributed by atoms with van der Waals surface area (Å²) in [4.78, 5) is 20.3. The van der Waals surface area contributed by atoms with Gasteiger partial charge in [-0.2, -0.15) is 4.99 Å². The smallest absolute Gasteiger partial charge is 0.267 e. The molecule has 1 fully saturated rings. The van der Waals surface area contributed by atoms with Gasteiger partial charge in [-0.1, -0.05) is 23.5 Å². The number of aryl methyl sites for hydroxylation is 1. The van der Waals surface area contributed by atoms with Gasteiger partial charge >= 0.3 is 0 Å². The summed E-state index contributed by atoms with van der Waals surface area (Å²) in [6, 6.07) is 3.94. The summed E-state index contributed by atoms with van der Waals surface area (Å²) < 4.78 is 0. The van der Waals surface area contributed by atoms with E-state index in [2.05, 4.69) is 21.8 Å².